The SMILES string of the molecule is CC(=O)N1CC(c2ccccc2)C(N2Cc3ccc(-c4noc(C(F)(F)F)n4)cc3C2=O)C1. The van der Waals surface area contributed by atoms with Crippen LogP contribution in [0, 0.1) is 0 Å². The monoisotopic (exact) mass is 456 g/mol. The Labute approximate surface area is 186 Å². The molecule has 7 nitrogen and oxygen atoms in total. The maximum Gasteiger partial charge on any atom is 0.471 e. The molecule has 2 atom stereocenters. The summed E-state index contributed by atoms with van der Waals surface area (Å²) in [5, 5.41) is 3.41. The van der Waals surface area contributed by atoms with Crippen molar-refractivity contribution in [3.8, 4) is 11.4 Å². The largest absolute Gasteiger partial charge is 0.471 e. The number of fused-ring (bicyclic) bond motifs is 1. The molecule has 33 heavy (non-hydrogen) atoms. The van der Waals surface area contributed by atoms with Gasteiger partial charge in [-0.3, -0.25) is 9.59 Å². The Kier molecular flexibility index (Phi) is 4.95. The van der Waals surface area contributed by atoms with Crippen LogP contribution in [0.3, 0.4) is 0 Å². The number of benzene rings is 2. The van der Waals surface area contributed by atoms with Crippen LogP contribution in [0.2, 0.25) is 0 Å². The molecule has 1 saturated heterocycles. The summed E-state index contributed by atoms with van der Waals surface area (Å²) < 4.78 is 42.7. The fourth-order valence-electron chi connectivity index (χ4n) is 4.57. The van der Waals surface area contributed by atoms with Gasteiger partial charge in [0.25, 0.3) is 5.91 Å². The molecular formula is C23H19F3N4O3. The van der Waals surface area contributed by atoms with Crippen molar-refractivity contribution in [2.75, 3.05) is 13.1 Å². The van der Waals surface area contributed by atoms with E-state index >= 15 is 0 Å². The van der Waals surface area contributed by atoms with Gasteiger partial charge in [0.1, 0.15) is 0 Å². The summed E-state index contributed by atoms with van der Waals surface area (Å²) in [4.78, 5) is 32.3. The molecular weight excluding hydrogens is 437 g/mol. The topological polar surface area (TPSA) is 79.5 Å². The first-order valence-electron chi connectivity index (χ1n) is 10.4. The lowest BCUT2D eigenvalue weighted by atomic mass is 9.93. The first-order valence-corrected chi connectivity index (χ1v) is 10.4. The van der Waals surface area contributed by atoms with Gasteiger partial charge in [-0.15, -0.1) is 0 Å². The van der Waals surface area contributed by atoms with Crippen molar-refractivity contribution >= 4 is 11.8 Å². The minimum Gasteiger partial charge on any atom is -0.340 e. The molecule has 0 N–H and O–H groups in total. The Morgan fingerprint density at radius 3 is 2.55 bits per heavy atom. The van der Waals surface area contributed by atoms with Gasteiger partial charge >= 0.3 is 12.1 Å². The number of rotatable bonds is 3. The van der Waals surface area contributed by atoms with Crippen molar-refractivity contribution in [3.63, 3.8) is 0 Å². The third kappa shape index (κ3) is 3.75. The fourth-order valence-corrected chi connectivity index (χ4v) is 4.57. The van der Waals surface area contributed by atoms with Gasteiger partial charge in [-0.25, -0.2) is 0 Å². The van der Waals surface area contributed by atoms with Gasteiger partial charge in [-0.05, 0) is 17.2 Å². The summed E-state index contributed by atoms with van der Waals surface area (Å²) in [7, 11) is 0. The quantitative estimate of drug-likeness (QED) is 0.600. The summed E-state index contributed by atoms with van der Waals surface area (Å²) in [6, 6.07) is 14.3. The van der Waals surface area contributed by atoms with E-state index in [1.54, 1.807) is 21.9 Å². The summed E-state index contributed by atoms with van der Waals surface area (Å²) in [6.45, 7) is 2.80. The highest BCUT2D eigenvalue weighted by Gasteiger charge is 2.43. The summed E-state index contributed by atoms with van der Waals surface area (Å²) in [5.41, 5.74) is 2.46. The van der Waals surface area contributed by atoms with E-state index in [0.29, 0.717) is 25.2 Å². The van der Waals surface area contributed by atoms with Crippen molar-refractivity contribution < 1.29 is 27.3 Å². The van der Waals surface area contributed by atoms with E-state index in [4.69, 9.17) is 0 Å². The zero-order valence-corrected chi connectivity index (χ0v) is 17.5. The van der Waals surface area contributed by atoms with Crippen LogP contribution in [0.25, 0.3) is 11.4 Å². The molecule has 0 spiro atoms. The van der Waals surface area contributed by atoms with E-state index in [1.165, 1.54) is 13.0 Å². The highest BCUT2D eigenvalue weighted by atomic mass is 19.4. The molecule has 2 unspecified atom stereocenters. The van der Waals surface area contributed by atoms with Gasteiger partial charge in [0, 0.05) is 43.6 Å². The summed E-state index contributed by atoms with van der Waals surface area (Å²) >= 11 is 0. The third-order valence-corrected chi connectivity index (χ3v) is 6.23. The zero-order chi connectivity index (χ0) is 23.3. The first kappa shape index (κ1) is 21.2. The number of carbonyl (C=O) groups excluding carboxylic acids is 2. The Bertz CT molecular complexity index is 1230. The fraction of sp³-hybridized carbons (Fsp3) is 0.304. The van der Waals surface area contributed by atoms with Gasteiger partial charge in [-0.2, -0.15) is 18.2 Å². The van der Waals surface area contributed by atoms with Crippen LogP contribution >= 0.6 is 0 Å². The van der Waals surface area contributed by atoms with Gasteiger partial charge in [0.15, 0.2) is 0 Å². The van der Waals surface area contributed by atoms with E-state index in [-0.39, 0.29) is 35.2 Å². The Morgan fingerprint density at radius 1 is 1.12 bits per heavy atom. The number of halogens is 3. The second-order valence-electron chi connectivity index (χ2n) is 8.23. The van der Waals surface area contributed by atoms with Crippen LogP contribution in [0.1, 0.15) is 40.2 Å². The minimum absolute atomic E-state index is 0.0422. The van der Waals surface area contributed by atoms with E-state index in [2.05, 4.69) is 14.7 Å². The van der Waals surface area contributed by atoms with E-state index in [1.807, 2.05) is 30.3 Å². The molecule has 0 radical (unpaired) electrons. The number of amides is 2. The number of hydrogen-bond acceptors (Lipinski definition) is 5. The Morgan fingerprint density at radius 2 is 1.88 bits per heavy atom. The molecule has 3 aromatic rings. The van der Waals surface area contributed by atoms with Crippen LogP contribution in [0.4, 0.5) is 13.2 Å². The lowest BCUT2D eigenvalue weighted by Gasteiger charge is -2.28. The van der Waals surface area contributed by atoms with E-state index < -0.39 is 12.1 Å². The van der Waals surface area contributed by atoms with Crippen LogP contribution < -0.4 is 0 Å². The van der Waals surface area contributed by atoms with Crippen molar-refractivity contribution in [1.82, 2.24) is 19.9 Å². The van der Waals surface area contributed by atoms with Gasteiger partial charge in [0.2, 0.25) is 11.7 Å². The Hall–Kier alpha value is -3.69. The number of likely N-dealkylation sites (tertiary alicyclic amines) is 1. The van der Waals surface area contributed by atoms with Crippen LogP contribution in [-0.2, 0) is 17.5 Å². The molecule has 2 aliphatic heterocycles. The van der Waals surface area contributed by atoms with Crippen LogP contribution in [-0.4, -0.2) is 50.9 Å². The van der Waals surface area contributed by atoms with Gasteiger partial charge in [0.05, 0.1) is 6.04 Å². The molecule has 0 bridgehead atoms. The minimum atomic E-state index is -4.74. The zero-order valence-electron chi connectivity index (χ0n) is 17.5. The average molecular weight is 456 g/mol. The summed E-state index contributed by atoms with van der Waals surface area (Å²) in [6.07, 6.45) is -4.74. The molecule has 2 aliphatic rings. The third-order valence-electron chi connectivity index (χ3n) is 6.23. The van der Waals surface area contributed by atoms with Crippen LogP contribution in [0.5, 0.6) is 0 Å². The number of nitrogens with zero attached hydrogens (tertiary/aromatic N) is 4. The van der Waals surface area contributed by atoms with Crippen molar-refractivity contribution in [1.29, 1.82) is 0 Å². The van der Waals surface area contributed by atoms with Gasteiger partial charge in [-0.1, -0.05) is 47.6 Å². The highest BCUT2D eigenvalue weighted by Crippen LogP contribution is 2.37. The molecule has 1 fully saturated rings. The molecule has 0 aliphatic carbocycles. The average Bonchev–Trinajstić information content (AvgIpc) is 3.51. The van der Waals surface area contributed by atoms with E-state index in [9.17, 15) is 22.8 Å². The first-order chi connectivity index (χ1) is 15.7. The lowest BCUT2D eigenvalue weighted by Crippen LogP contribution is -2.40. The number of carbonyl (C=O) groups is 2. The number of alkyl halides is 3. The standard InChI is InChI=1S/C23H19F3N4O3/c1-13(31)29-11-18(14-5-3-2-4-6-14)19(12-29)30-10-16-8-7-15(9-17(16)21(30)32)20-27-22(33-28-20)23(24,25)26/h2-9,18-19H,10-12H2,1H3. The van der Waals surface area contributed by atoms with Crippen molar-refractivity contribution in [2.24, 2.45) is 0 Å². The second kappa shape index (κ2) is 7.72. The predicted molar refractivity (Wildman–Crippen MR) is 110 cm³/mol. The molecule has 2 amide bonds. The number of hydrogen-bond donors (Lipinski definition) is 0. The molecule has 1 aromatic heterocycles. The predicted octanol–water partition coefficient (Wildman–Crippen LogP) is 3.73. The molecule has 5 rings (SSSR count). The maximum absolute atomic E-state index is 13.4. The second-order valence-corrected chi connectivity index (χ2v) is 8.23. The maximum atomic E-state index is 13.4. The summed E-state index contributed by atoms with van der Waals surface area (Å²) in [5.74, 6) is -2.00. The van der Waals surface area contributed by atoms with E-state index in [0.717, 1.165) is 11.1 Å². The number of aromatic nitrogens is 2. The highest BCUT2D eigenvalue weighted by molar-refractivity contribution is 5.99. The molecule has 2 aromatic carbocycles. The normalized spacial score (nSPS) is 20.4. The van der Waals surface area contributed by atoms with Crippen LogP contribution in [0.15, 0.2) is 53.1 Å². The molecule has 10 heteroatoms. The van der Waals surface area contributed by atoms with Crippen molar-refractivity contribution in [3.05, 3.63) is 71.1 Å². The molecule has 170 valence electrons. The lowest BCUT2D eigenvalue weighted by molar-refractivity contribution is -0.159. The van der Waals surface area contributed by atoms with Crippen molar-refractivity contribution in [2.45, 2.75) is 31.6 Å². The smallest absolute Gasteiger partial charge is 0.340 e. The molecule has 0 saturated carbocycles. The molecule has 3 heterocycles. The Balaban J connectivity index is 1.44. The van der Waals surface area contributed by atoms with Gasteiger partial charge < -0.3 is 14.3 Å².